The van der Waals surface area contributed by atoms with Crippen molar-refractivity contribution in [3.63, 3.8) is 0 Å². The standard InChI is InChI=1S/C18H16ClF2N3OS/c1-11(25-16-8-7-14(20)9-15(16)21)17-22-23-18(24(17)2)26-10-12-3-5-13(19)6-4-12/h3-9,11H,10H2,1-2H3. The van der Waals surface area contributed by atoms with Crippen molar-refractivity contribution in [3.8, 4) is 5.75 Å². The van der Waals surface area contributed by atoms with E-state index in [-0.39, 0.29) is 5.75 Å². The molecule has 0 N–H and O–H groups in total. The molecule has 0 spiro atoms. The Labute approximate surface area is 159 Å². The quantitative estimate of drug-likeness (QED) is 0.539. The molecule has 3 aromatic rings. The fraction of sp³-hybridized carbons (Fsp3) is 0.222. The maximum Gasteiger partial charge on any atom is 0.191 e. The van der Waals surface area contributed by atoms with Gasteiger partial charge in [0, 0.05) is 23.9 Å². The van der Waals surface area contributed by atoms with Crippen molar-refractivity contribution in [2.45, 2.75) is 23.9 Å². The lowest BCUT2D eigenvalue weighted by atomic mass is 10.2. The molecule has 4 nitrogen and oxygen atoms in total. The summed E-state index contributed by atoms with van der Waals surface area (Å²) in [5.41, 5.74) is 1.11. The number of hydrogen-bond acceptors (Lipinski definition) is 4. The normalized spacial score (nSPS) is 12.2. The summed E-state index contributed by atoms with van der Waals surface area (Å²) in [4.78, 5) is 0. The number of nitrogens with zero attached hydrogens (tertiary/aromatic N) is 3. The number of aromatic nitrogens is 3. The number of halogens is 3. The van der Waals surface area contributed by atoms with E-state index in [4.69, 9.17) is 16.3 Å². The van der Waals surface area contributed by atoms with Gasteiger partial charge in [0.05, 0.1) is 0 Å². The molecule has 1 unspecified atom stereocenters. The molecule has 0 saturated carbocycles. The summed E-state index contributed by atoms with van der Waals surface area (Å²) in [5.74, 6) is -0.173. The van der Waals surface area contributed by atoms with Crippen molar-refractivity contribution in [1.82, 2.24) is 14.8 Å². The average Bonchev–Trinajstić information content (AvgIpc) is 2.98. The van der Waals surface area contributed by atoms with Crippen molar-refractivity contribution in [2.24, 2.45) is 7.05 Å². The van der Waals surface area contributed by atoms with Crippen molar-refractivity contribution in [1.29, 1.82) is 0 Å². The second-order valence-corrected chi connectivity index (χ2v) is 7.03. The molecule has 136 valence electrons. The van der Waals surface area contributed by atoms with Gasteiger partial charge in [-0.2, -0.15) is 0 Å². The molecule has 1 atom stereocenters. The average molecular weight is 396 g/mol. The molecule has 0 fully saturated rings. The minimum atomic E-state index is -0.753. The van der Waals surface area contributed by atoms with E-state index >= 15 is 0 Å². The number of hydrogen-bond donors (Lipinski definition) is 0. The van der Waals surface area contributed by atoms with Gasteiger partial charge in [0.1, 0.15) is 5.82 Å². The van der Waals surface area contributed by atoms with Gasteiger partial charge in [-0.05, 0) is 36.8 Å². The topological polar surface area (TPSA) is 39.9 Å². The molecule has 0 saturated heterocycles. The van der Waals surface area contributed by atoms with Gasteiger partial charge in [0.25, 0.3) is 0 Å². The summed E-state index contributed by atoms with van der Waals surface area (Å²) in [6.45, 7) is 1.74. The minimum absolute atomic E-state index is 0.0303. The molecule has 2 aromatic carbocycles. The zero-order valence-electron chi connectivity index (χ0n) is 14.1. The summed E-state index contributed by atoms with van der Waals surface area (Å²) in [7, 11) is 1.82. The molecule has 0 aliphatic carbocycles. The third-order valence-corrected chi connectivity index (χ3v) is 5.05. The van der Waals surface area contributed by atoms with Crippen molar-refractivity contribution < 1.29 is 13.5 Å². The van der Waals surface area contributed by atoms with Crippen LogP contribution >= 0.6 is 23.4 Å². The van der Waals surface area contributed by atoms with E-state index < -0.39 is 17.7 Å². The third kappa shape index (κ3) is 4.34. The van der Waals surface area contributed by atoms with Crippen LogP contribution in [0.1, 0.15) is 24.4 Å². The van der Waals surface area contributed by atoms with Gasteiger partial charge >= 0.3 is 0 Å². The van der Waals surface area contributed by atoms with Crippen molar-refractivity contribution >= 4 is 23.4 Å². The van der Waals surface area contributed by atoms with E-state index in [1.807, 2.05) is 31.3 Å². The molecular formula is C18H16ClF2N3OS. The highest BCUT2D eigenvalue weighted by Gasteiger charge is 2.19. The zero-order chi connectivity index (χ0) is 18.7. The van der Waals surface area contributed by atoms with Gasteiger partial charge in [-0.25, -0.2) is 8.78 Å². The predicted octanol–water partition coefficient (Wildman–Crippen LogP) is 5.18. The van der Waals surface area contributed by atoms with E-state index in [1.54, 1.807) is 11.5 Å². The van der Waals surface area contributed by atoms with E-state index in [0.29, 0.717) is 21.8 Å². The molecule has 0 radical (unpaired) electrons. The third-order valence-electron chi connectivity index (χ3n) is 3.71. The second-order valence-electron chi connectivity index (χ2n) is 5.65. The largest absolute Gasteiger partial charge is 0.480 e. The minimum Gasteiger partial charge on any atom is -0.480 e. The molecule has 0 aliphatic heterocycles. The highest BCUT2D eigenvalue weighted by atomic mass is 35.5. The summed E-state index contributed by atoms with van der Waals surface area (Å²) >= 11 is 7.41. The monoisotopic (exact) mass is 395 g/mol. The first kappa shape index (κ1) is 18.7. The van der Waals surface area contributed by atoms with Crippen LogP contribution in [0.5, 0.6) is 5.75 Å². The van der Waals surface area contributed by atoms with Crippen LogP contribution in [0.3, 0.4) is 0 Å². The summed E-state index contributed by atoms with van der Waals surface area (Å²) in [6, 6.07) is 10.8. The lowest BCUT2D eigenvalue weighted by molar-refractivity contribution is 0.201. The maximum absolute atomic E-state index is 13.7. The zero-order valence-corrected chi connectivity index (χ0v) is 15.7. The molecule has 1 aromatic heterocycles. The van der Waals surface area contributed by atoms with E-state index in [2.05, 4.69) is 10.2 Å². The fourth-order valence-electron chi connectivity index (χ4n) is 2.35. The van der Waals surface area contributed by atoms with Crippen LogP contribution in [0, 0.1) is 11.6 Å². The number of benzene rings is 2. The number of rotatable bonds is 6. The maximum atomic E-state index is 13.7. The Morgan fingerprint density at radius 1 is 1.15 bits per heavy atom. The van der Waals surface area contributed by atoms with Crippen molar-refractivity contribution in [3.05, 3.63) is 70.5 Å². The molecular weight excluding hydrogens is 380 g/mol. The van der Waals surface area contributed by atoms with Gasteiger partial charge in [-0.15, -0.1) is 10.2 Å². The SMILES string of the molecule is CC(Oc1ccc(F)cc1F)c1nnc(SCc2ccc(Cl)cc2)n1C. The first-order valence-electron chi connectivity index (χ1n) is 7.82. The van der Waals surface area contributed by atoms with Crippen LogP contribution in [0.25, 0.3) is 0 Å². The van der Waals surface area contributed by atoms with E-state index in [0.717, 1.165) is 17.7 Å². The molecule has 1 heterocycles. The van der Waals surface area contributed by atoms with Crippen LogP contribution in [-0.4, -0.2) is 14.8 Å². The first-order valence-corrected chi connectivity index (χ1v) is 9.18. The van der Waals surface area contributed by atoms with Crippen LogP contribution in [-0.2, 0) is 12.8 Å². The molecule has 26 heavy (non-hydrogen) atoms. The van der Waals surface area contributed by atoms with E-state index in [9.17, 15) is 8.78 Å². The van der Waals surface area contributed by atoms with Gasteiger partial charge in [0.15, 0.2) is 28.7 Å². The summed E-state index contributed by atoms with van der Waals surface area (Å²) in [5, 5.41) is 9.70. The van der Waals surface area contributed by atoms with Crippen LogP contribution < -0.4 is 4.74 Å². The Bertz CT molecular complexity index is 902. The number of ether oxygens (including phenoxy) is 1. The number of thioether (sulfide) groups is 1. The Hall–Kier alpha value is -2.12. The molecule has 8 heteroatoms. The Morgan fingerprint density at radius 3 is 2.58 bits per heavy atom. The summed E-state index contributed by atoms with van der Waals surface area (Å²) in [6.07, 6.45) is -0.544. The Morgan fingerprint density at radius 2 is 1.88 bits per heavy atom. The Kier molecular flexibility index (Phi) is 5.78. The molecule has 0 aliphatic rings. The predicted molar refractivity (Wildman–Crippen MR) is 97.4 cm³/mol. The van der Waals surface area contributed by atoms with Gasteiger partial charge in [0.2, 0.25) is 0 Å². The molecule has 0 amide bonds. The second kappa shape index (κ2) is 8.05. The van der Waals surface area contributed by atoms with E-state index in [1.165, 1.54) is 17.8 Å². The van der Waals surface area contributed by atoms with Crippen LogP contribution in [0.4, 0.5) is 8.78 Å². The molecule has 3 rings (SSSR count). The van der Waals surface area contributed by atoms with Crippen LogP contribution in [0.15, 0.2) is 47.6 Å². The lowest BCUT2D eigenvalue weighted by Crippen LogP contribution is -2.10. The van der Waals surface area contributed by atoms with Gasteiger partial charge in [-0.3, -0.25) is 0 Å². The highest BCUT2D eigenvalue weighted by Crippen LogP contribution is 2.27. The van der Waals surface area contributed by atoms with Gasteiger partial charge in [-0.1, -0.05) is 35.5 Å². The smallest absolute Gasteiger partial charge is 0.191 e. The van der Waals surface area contributed by atoms with Gasteiger partial charge < -0.3 is 9.30 Å². The van der Waals surface area contributed by atoms with Crippen LogP contribution in [0.2, 0.25) is 5.02 Å². The Balaban J connectivity index is 1.68. The highest BCUT2D eigenvalue weighted by molar-refractivity contribution is 7.98. The summed E-state index contributed by atoms with van der Waals surface area (Å²) < 4.78 is 34.1. The van der Waals surface area contributed by atoms with Crippen molar-refractivity contribution in [2.75, 3.05) is 0 Å². The molecule has 0 bridgehead atoms. The fourth-order valence-corrected chi connectivity index (χ4v) is 3.35. The first-order chi connectivity index (χ1) is 12.4. The lowest BCUT2D eigenvalue weighted by Gasteiger charge is -2.14.